The summed E-state index contributed by atoms with van der Waals surface area (Å²) in [5, 5.41) is 11.3. The lowest BCUT2D eigenvalue weighted by atomic mass is 9.96. The number of nitro benzene ring substituents is 1. The van der Waals surface area contributed by atoms with Crippen molar-refractivity contribution in [2.45, 2.75) is 19.4 Å². The Kier molecular flexibility index (Phi) is 4.37. The first-order chi connectivity index (χ1) is 9.47. The summed E-state index contributed by atoms with van der Waals surface area (Å²) in [5.74, 6) is 0. The van der Waals surface area contributed by atoms with Gasteiger partial charge in [-0.25, -0.2) is 0 Å². The van der Waals surface area contributed by atoms with Crippen molar-refractivity contribution in [2.24, 2.45) is 5.73 Å². The molecule has 0 saturated carbocycles. The van der Waals surface area contributed by atoms with E-state index in [2.05, 4.69) is 0 Å². The number of hydrogen-bond acceptors (Lipinski definition) is 3. The Morgan fingerprint density at radius 2 is 1.90 bits per heavy atom. The van der Waals surface area contributed by atoms with Gasteiger partial charge in [-0.3, -0.25) is 10.1 Å². The minimum atomic E-state index is -0.412. The van der Waals surface area contributed by atoms with E-state index in [1.807, 2.05) is 25.1 Å². The monoisotopic (exact) mass is 290 g/mol. The van der Waals surface area contributed by atoms with Gasteiger partial charge in [0.25, 0.3) is 5.69 Å². The summed E-state index contributed by atoms with van der Waals surface area (Å²) in [6.45, 7) is 1.99. The number of aryl methyl sites for hydroxylation is 1. The molecular weight excluding hydrogens is 276 g/mol. The van der Waals surface area contributed by atoms with Crippen LogP contribution < -0.4 is 5.73 Å². The molecule has 2 aromatic rings. The van der Waals surface area contributed by atoms with E-state index in [4.69, 9.17) is 17.3 Å². The summed E-state index contributed by atoms with van der Waals surface area (Å²) in [6.07, 6.45) is 0.610. The number of nitrogens with zero attached hydrogens (tertiary/aromatic N) is 1. The van der Waals surface area contributed by atoms with Crippen molar-refractivity contribution in [2.75, 3.05) is 0 Å². The average Bonchev–Trinajstić information content (AvgIpc) is 2.42. The van der Waals surface area contributed by atoms with E-state index in [0.717, 1.165) is 16.7 Å². The Labute approximate surface area is 122 Å². The minimum Gasteiger partial charge on any atom is -0.324 e. The first kappa shape index (κ1) is 14.5. The van der Waals surface area contributed by atoms with Crippen molar-refractivity contribution in [1.29, 1.82) is 0 Å². The zero-order valence-electron chi connectivity index (χ0n) is 11.0. The molecule has 0 aromatic heterocycles. The number of halogens is 1. The maximum absolute atomic E-state index is 10.6. The molecule has 0 amide bonds. The molecule has 0 aliphatic carbocycles. The summed E-state index contributed by atoms with van der Waals surface area (Å²) in [6, 6.07) is 11.9. The van der Waals surface area contributed by atoms with E-state index in [0.29, 0.717) is 11.4 Å². The van der Waals surface area contributed by atoms with Crippen molar-refractivity contribution in [3.63, 3.8) is 0 Å². The Morgan fingerprint density at radius 1 is 1.25 bits per heavy atom. The van der Waals surface area contributed by atoms with Crippen LogP contribution in [0.25, 0.3) is 0 Å². The lowest BCUT2D eigenvalue weighted by Crippen LogP contribution is -2.14. The van der Waals surface area contributed by atoms with E-state index < -0.39 is 4.92 Å². The molecule has 1 unspecified atom stereocenters. The highest BCUT2D eigenvalue weighted by molar-refractivity contribution is 6.30. The highest BCUT2D eigenvalue weighted by atomic mass is 35.5. The van der Waals surface area contributed by atoms with Crippen LogP contribution in [0.2, 0.25) is 5.02 Å². The topological polar surface area (TPSA) is 69.2 Å². The third-order valence-corrected chi connectivity index (χ3v) is 3.48. The molecule has 0 heterocycles. The number of nitro groups is 1. The maximum Gasteiger partial charge on any atom is 0.269 e. The third kappa shape index (κ3) is 3.35. The first-order valence-corrected chi connectivity index (χ1v) is 6.60. The molecule has 5 heteroatoms. The molecule has 0 spiro atoms. The van der Waals surface area contributed by atoms with Crippen LogP contribution in [0.15, 0.2) is 42.5 Å². The molecule has 0 aliphatic heterocycles. The summed E-state index contributed by atoms with van der Waals surface area (Å²) < 4.78 is 0. The van der Waals surface area contributed by atoms with Gasteiger partial charge in [0.05, 0.1) is 4.92 Å². The fourth-order valence-electron chi connectivity index (χ4n) is 2.13. The molecule has 0 bridgehead atoms. The van der Waals surface area contributed by atoms with Gasteiger partial charge in [0, 0.05) is 23.2 Å². The first-order valence-electron chi connectivity index (χ1n) is 6.22. The van der Waals surface area contributed by atoms with Crippen molar-refractivity contribution in [1.82, 2.24) is 0 Å². The SMILES string of the molecule is Cc1ccc(Cl)cc1C(N)Cc1ccc([N+](=O)[O-])cc1. The lowest BCUT2D eigenvalue weighted by molar-refractivity contribution is -0.384. The molecule has 104 valence electrons. The van der Waals surface area contributed by atoms with Crippen LogP contribution >= 0.6 is 11.6 Å². The van der Waals surface area contributed by atoms with Crippen LogP contribution in [-0.2, 0) is 6.42 Å². The summed E-state index contributed by atoms with van der Waals surface area (Å²) in [4.78, 5) is 10.2. The van der Waals surface area contributed by atoms with Gasteiger partial charge in [-0.1, -0.05) is 29.8 Å². The second-order valence-corrected chi connectivity index (χ2v) is 5.17. The van der Waals surface area contributed by atoms with E-state index in [1.54, 1.807) is 12.1 Å². The van der Waals surface area contributed by atoms with Crippen molar-refractivity contribution in [3.8, 4) is 0 Å². The normalized spacial score (nSPS) is 12.2. The standard InChI is InChI=1S/C15H15ClN2O2/c1-10-2-5-12(16)9-14(10)15(17)8-11-3-6-13(7-4-11)18(19)20/h2-7,9,15H,8,17H2,1H3. The lowest BCUT2D eigenvalue weighted by Gasteiger charge is -2.15. The van der Waals surface area contributed by atoms with E-state index in [1.165, 1.54) is 12.1 Å². The van der Waals surface area contributed by atoms with Crippen molar-refractivity contribution in [3.05, 3.63) is 74.3 Å². The zero-order chi connectivity index (χ0) is 14.7. The third-order valence-electron chi connectivity index (χ3n) is 3.24. The molecular formula is C15H15ClN2O2. The number of nitrogens with two attached hydrogens (primary N) is 1. The van der Waals surface area contributed by atoms with Crippen LogP contribution in [-0.4, -0.2) is 4.92 Å². The predicted molar refractivity (Wildman–Crippen MR) is 79.9 cm³/mol. The van der Waals surface area contributed by atoms with Crippen LogP contribution in [0.5, 0.6) is 0 Å². The Morgan fingerprint density at radius 3 is 2.50 bits per heavy atom. The quantitative estimate of drug-likeness (QED) is 0.688. The molecule has 20 heavy (non-hydrogen) atoms. The number of non-ortho nitro benzene ring substituents is 1. The van der Waals surface area contributed by atoms with Gasteiger partial charge in [-0.05, 0) is 42.2 Å². The predicted octanol–water partition coefficient (Wildman–Crippen LogP) is 3.80. The van der Waals surface area contributed by atoms with E-state index in [-0.39, 0.29) is 11.7 Å². The summed E-state index contributed by atoms with van der Waals surface area (Å²) in [5.41, 5.74) is 9.33. The van der Waals surface area contributed by atoms with Gasteiger partial charge in [0.2, 0.25) is 0 Å². The number of hydrogen-bond donors (Lipinski definition) is 1. The van der Waals surface area contributed by atoms with Crippen molar-refractivity contribution < 1.29 is 4.92 Å². The van der Waals surface area contributed by atoms with Gasteiger partial charge in [-0.15, -0.1) is 0 Å². The van der Waals surface area contributed by atoms with Gasteiger partial charge in [-0.2, -0.15) is 0 Å². The van der Waals surface area contributed by atoms with Crippen LogP contribution in [0.3, 0.4) is 0 Å². The van der Waals surface area contributed by atoms with Gasteiger partial charge in [0.1, 0.15) is 0 Å². The smallest absolute Gasteiger partial charge is 0.269 e. The largest absolute Gasteiger partial charge is 0.324 e. The van der Waals surface area contributed by atoms with Gasteiger partial charge >= 0.3 is 0 Å². The zero-order valence-corrected chi connectivity index (χ0v) is 11.8. The Bertz CT molecular complexity index is 626. The highest BCUT2D eigenvalue weighted by Gasteiger charge is 2.12. The van der Waals surface area contributed by atoms with Crippen LogP contribution in [0.1, 0.15) is 22.7 Å². The fraction of sp³-hybridized carbons (Fsp3) is 0.200. The second kappa shape index (κ2) is 6.03. The molecule has 4 nitrogen and oxygen atoms in total. The molecule has 1 atom stereocenters. The van der Waals surface area contributed by atoms with Crippen molar-refractivity contribution >= 4 is 17.3 Å². The van der Waals surface area contributed by atoms with Gasteiger partial charge < -0.3 is 5.73 Å². The minimum absolute atomic E-state index is 0.0845. The van der Waals surface area contributed by atoms with Crippen LogP contribution in [0, 0.1) is 17.0 Å². The van der Waals surface area contributed by atoms with Gasteiger partial charge in [0.15, 0.2) is 0 Å². The Hall–Kier alpha value is -1.91. The van der Waals surface area contributed by atoms with Crippen LogP contribution in [0.4, 0.5) is 5.69 Å². The van der Waals surface area contributed by atoms with E-state index >= 15 is 0 Å². The summed E-state index contributed by atoms with van der Waals surface area (Å²) >= 11 is 5.99. The highest BCUT2D eigenvalue weighted by Crippen LogP contribution is 2.24. The average molecular weight is 291 g/mol. The molecule has 2 rings (SSSR count). The fourth-order valence-corrected chi connectivity index (χ4v) is 2.31. The maximum atomic E-state index is 10.6. The molecule has 0 fully saturated rings. The summed E-state index contributed by atoms with van der Waals surface area (Å²) in [7, 11) is 0. The molecule has 2 N–H and O–H groups in total. The molecule has 2 aromatic carbocycles. The molecule has 0 saturated heterocycles. The van der Waals surface area contributed by atoms with E-state index in [9.17, 15) is 10.1 Å². The molecule has 0 aliphatic rings. The Balaban J connectivity index is 2.16. The number of benzene rings is 2. The second-order valence-electron chi connectivity index (χ2n) is 4.74. The number of rotatable bonds is 4. The molecule has 0 radical (unpaired) electrons.